The number of amides is 2. The van der Waals surface area contributed by atoms with E-state index in [1.807, 2.05) is 13.0 Å². The normalized spacial score (nSPS) is 22.6. The van der Waals surface area contributed by atoms with Crippen LogP contribution in [-0.2, 0) is 28.6 Å². The molecule has 3 fully saturated rings. The molecule has 4 heterocycles. The van der Waals surface area contributed by atoms with E-state index in [1.54, 1.807) is 13.8 Å². The Morgan fingerprint density at radius 1 is 1.08 bits per heavy atom. The number of aryl methyl sites for hydroxylation is 2. The predicted molar refractivity (Wildman–Crippen MR) is 171 cm³/mol. The third-order valence-electron chi connectivity index (χ3n) is 9.96. The molecule has 48 heavy (non-hydrogen) atoms. The fraction of sp³-hybridized carbons (Fsp3) is 0.486. The maximum absolute atomic E-state index is 16.1. The number of anilines is 1. The summed E-state index contributed by atoms with van der Waals surface area (Å²) in [6, 6.07) is 5.59. The van der Waals surface area contributed by atoms with Crippen LogP contribution in [0.4, 0.5) is 23.2 Å². The lowest BCUT2D eigenvalue weighted by Crippen LogP contribution is -2.53. The van der Waals surface area contributed by atoms with E-state index in [2.05, 4.69) is 25.2 Å². The van der Waals surface area contributed by atoms with Gasteiger partial charge in [-0.05, 0) is 95.0 Å². The summed E-state index contributed by atoms with van der Waals surface area (Å²) in [6.45, 7) is 6.00. The number of nitrogens with zero attached hydrogens (tertiary/aromatic N) is 5. The molecule has 2 aliphatic carbocycles. The van der Waals surface area contributed by atoms with Crippen LogP contribution in [0.25, 0.3) is 11.1 Å². The van der Waals surface area contributed by atoms with Gasteiger partial charge in [-0.25, -0.2) is 19.3 Å². The van der Waals surface area contributed by atoms with Crippen molar-refractivity contribution < 1.29 is 27.2 Å². The van der Waals surface area contributed by atoms with Crippen LogP contribution in [0, 0.1) is 25.6 Å². The lowest BCUT2D eigenvalue weighted by molar-refractivity contribution is -0.141. The number of rotatable bonds is 8. The van der Waals surface area contributed by atoms with Crippen molar-refractivity contribution in [3.05, 3.63) is 69.8 Å². The summed E-state index contributed by atoms with van der Waals surface area (Å²) in [5.74, 6) is -0.246. The molecule has 0 bridgehead atoms. The molecule has 2 aromatic heterocycles. The maximum atomic E-state index is 16.1. The number of carbonyl (C=O) groups excluding carboxylic acids is 2. The van der Waals surface area contributed by atoms with Crippen LogP contribution < -0.4 is 16.0 Å². The molecule has 0 radical (unpaired) electrons. The Labute approximate surface area is 275 Å². The highest BCUT2D eigenvalue weighted by molar-refractivity contribution is 6.16. The molecule has 1 spiro atoms. The standard InChI is InChI=1S/C35H37F4N7O2/c1-17-16-34(33(48)44-32(45-34)23-8-9-27(35(37,38)39)43-31(23)21-6-7-21)10-11-46(17)26-14-22(13-25(36)24(26)12-20-4-5-20)30-18(2)41-29(15-28(40)47)42-19(30)3/h8-9,13-14,17,20-21H,4-7,10-12,15-16H2,1-3H3,(H2,40,47)(H,44,45,48)/t17-,34+/m0/s1. The smallest absolute Gasteiger partial charge is 0.369 e. The Morgan fingerprint density at radius 2 is 1.79 bits per heavy atom. The molecule has 9 nitrogen and oxygen atoms in total. The molecule has 13 heteroatoms. The fourth-order valence-electron chi connectivity index (χ4n) is 7.31. The average Bonchev–Trinajstić information content (AvgIpc) is 3.93. The van der Waals surface area contributed by atoms with E-state index in [0.29, 0.717) is 76.9 Å². The maximum Gasteiger partial charge on any atom is 0.433 e. The van der Waals surface area contributed by atoms with Crippen molar-refractivity contribution >= 4 is 23.3 Å². The van der Waals surface area contributed by atoms with Crippen molar-refractivity contribution in [3.63, 3.8) is 0 Å². The lowest BCUT2D eigenvalue weighted by atomic mass is 9.83. The molecule has 2 amide bonds. The van der Waals surface area contributed by atoms with Crippen molar-refractivity contribution in [3.8, 4) is 11.1 Å². The summed E-state index contributed by atoms with van der Waals surface area (Å²) in [7, 11) is 0. The molecule has 4 aliphatic rings. The number of nitrogens with two attached hydrogens (primary N) is 1. The third-order valence-corrected chi connectivity index (χ3v) is 9.96. The number of benzene rings is 1. The van der Waals surface area contributed by atoms with E-state index in [4.69, 9.17) is 10.7 Å². The number of pyridine rings is 1. The summed E-state index contributed by atoms with van der Waals surface area (Å²) in [4.78, 5) is 45.0. The number of primary amides is 1. The number of hydrogen-bond donors (Lipinski definition) is 2. The first-order valence-electron chi connectivity index (χ1n) is 16.4. The molecular formula is C35H37F4N7O2. The van der Waals surface area contributed by atoms with Gasteiger partial charge in [0.2, 0.25) is 5.91 Å². The molecule has 0 unspecified atom stereocenters. The number of carbonyl (C=O) groups is 2. The molecule has 1 saturated heterocycles. The van der Waals surface area contributed by atoms with Gasteiger partial charge in [-0.1, -0.05) is 0 Å². The first-order valence-corrected chi connectivity index (χ1v) is 16.4. The SMILES string of the molecule is Cc1nc(CC(N)=O)nc(C)c1-c1cc(F)c(CC2CC2)c(N2CC[C@]3(C[C@@H]2C)N=C(c2ccc(C(F)(F)F)nc2C2CC2)NC3=O)c1. The van der Waals surface area contributed by atoms with Crippen molar-refractivity contribution in [1.82, 2.24) is 20.3 Å². The number of alkyl halides is 3. The van der Waals surface area contributed by atoms with Crippen LogP contribution in [0.15, 0.2) is 29.3 Å². The molecule has 3 aromatic rings. The Hall–Kier alpha value is -4.42. The molecule has 252 valence electrons. The molecule has 7 rings (SSSR count). The zero-order valence-electron chi connectivity index (χ0n) is 27.0. The van der Waals surface area contributed by atoms with Crippen molar-refractivity contribution in [2.75, 3.05) is 11.4 Å². The monoisotopic (exact) mass is 663 g/mol. The van der Waals surface area contributed by atoms with Gasteiger partial charge < -0.3 is 16.0 Å². The fourth-order valence-corrected chi connectivity index (χ4v) is 7.31. The summed E-state index contributed by atoms with van der Waals surface area (Å²) < 4.78 is 56.5. The van der Waals surface area contributed by atoms with Gasteiger partial charge in [0, 0.05) is 58.7 Å². The number of halogens is 4. The third kappa shape index (κ3) is 6.03. The lowest BCUT2D eigenvalue weighted by Gasteiger charge is -2.43. The number of piperidine rings is 1. The van der Waals surface area contributed by atoms with Crippen LogP contribution >= 0.6 is 0 Å². The number of amidine groups is 1. The van der Waals surface area contributed by atoms with Gasteiger partial charge in [-0.3, -0.25) is 14.6 Å². The van der Waals surface area contributed by atoms with Crippen LogP contribution in [0.3, 0.4) is 0 Å². The van der Waals surface area contributed by atoms with E-state index in [9.17, 15) is 22.8 Å². The van der Waals surface area contributed by atoms with Gasteiger partial charge in [-0.15, -0.1) is 0 Å². The summed E-state index contributed by atoms with van der Waals surface area (Å²) in [5, 5.41) is 2.87. The minimum absolute atomic E-state index is 0.0933. The Bertz CT molecular complexity index is 1840. The van der Waals surface area contributed by atoms with Crippen molar-refractivity contribution in [2.45, 2.75) is 95.8 Å². The van der Waals surface area contributed by atoms with E-state index in [-0.39, 0.29) is 35.9 Å². The Kier molecular flexibility index (Phi) is 7.78. The van der Waals surface area contributed by atoms with Crippen LogP contribution in [-0.4, -0.2) is 50.7 Å². The van der Waals surface area contributed by atoms with E-state index < -0.39 is 23.3 Å². The molecular weight excluding hydrogens is 626 g/mol. The highest BCUT2D eigenvalue weighted by Crippen LogP contribution is 2.45. The predicted octanol–water partition coefficient (Wildman–Crippen LogP) is 5.48. The van der Waals surface area contributed by atoms with Gasteiger partial charge in [-0.2, -0.15) is 13.2 Å². The first kappa shape index (κ1) is 32.1. The summed E-state index contributed by atoms with van der Waals surface area (Å²) in [5.41, 5.74) is 7.97. The zero-order chi connectivity index (χ0) is 34.1. The Morgan fingerprint density at radius 3 is 2.40 bits per heavy atom. The zero-order valence-corrected chi connectivity index (χ0v) is 27.0. The number of hydrogen-bond acceptors (Lipinski definition) is 7. The minimum atomic E-state index is -4.57. The highest BCUT2D eigenvalue weighted by atomic mass is 19.4. The van der Waals surface area contributed by atoms with Crippen molar-refractivity contribution in [2.24, 2.45) is 16.6 Å². The van der Waals surface area contributed by atoms with Gasteiger partial charge in [0.25, 0.3) is 5.91 Å². The van der Waals surface area contributed by atoms with Crippen LogP contribution in [0.5, 0.6) is 0 Å². The Balaban J connectivity index is 1.21. The highest BCUT2D eigenvalue weighted by Gasteiger charge is 2.49. The summed E-state index contributed by atoms with van der Waals surface area (Å²) >= 11 is 0. The van der Waals surface area contributed by atoms with E-state index in [1.165, 1.54) is 12.1 Å². The van der Waals surface area contributed by atoms with Gasteiger partial charge in [0.05, 0.1) is 12.1 Å². The molecule has 2 aliphatic heterocycles. The number of aliphatic imine (C=N–C) groups is 1. The first-order chi connectivity index (χ1) is 22.7. The van der Waals surface area contributed by atoms with Gasteiger partial charge in [0.1, 0.15) is 28.7 Å². The second kappa shape index (κ2) is 11.6. The van der Waals surface area contributed by atoms with Crippen molar-refractivity contribution in [1.29, 1.82) is 0 Å². The topological polar surface area (TPSA) is 126 Å². The number of nitrogens with one attached hydrogen (secondary N) is 1. The van der Waals surface area contributed by atoms with E-state index in [0.717, 1.165) is 37.4 Å². The van der Waals surface area contributed by atoms with Gasteiger partial charge >= 0.3 is 6.18 Å². The van der Waals surface area contributed by atoms with E-state index >= 15 is 4.39 Å². The second-order valence-electron chi connectivity index (χ2n) is 13.8. The largest absolute Gasteiger partial charge is 0.433 e. The minimum Gasteiger partial charge on any atom is -0.369 e. The second-order valence-corrected chi connectivity index (χ2v) is 13.8. The number of aromatic nitrogens is 3. The van der Waals surface area contributed by atoms with Gasteiger partial charge in [0.15, 0.2) is 0 Å². The molecule has 1 aromatic carbocycles. The average molecular weight is 664 g/mol. The molecule has 2 saturated carbocycles. The van der Waals surface area contributed by atoms with Crippen LogP contribution in [0.1, 0.15) is 91.1 Å². The quantitative estimate of drug-likeness (QED) is 0.308. The molecule has 3 N–H and O–H groups in total. The molecule has 2 atom stereocenters. The van der Waals surface area contributed by atoms with Crippen LogP contribution in [0.2, 0.25) is 0 Å². The summed E-state index contributed by atoms with van der Waals surface area (Å²) in [6.07, 6.45) is 0.199.